The first-order chi connectivity index (χ1) is 14.7. The molecule has 154 valence electrons. The zero-order valence-electron chi connectivity index (χ0n) is 16.6. The lowest BCUT2D eigenvalue weighted by molar-refractivity contribution is 0.122. The van der Waals surface area contributed by atoms with Crippen molar-refractivity contribution in [3.8, 4) is 22.8 Å². The summed E-state index contributed by atoms with van der Waals surface area (Å²) in [4.78, 5) is 14.8. The van der Waals surface area contributed by atoms with E-state index in [1.54, 1.807) is 6.07 Å². The Bertz CT molecular complexity index is 1250. The number of aromatic hydroxyl groups is 1. The predicted molar refractivity (Wildman–Crippen MR) is 113 cm³/mol. The average molecular weight is 406 g/mol. The fourth-order valence-corrected chi connectivity index (χ4v) is 3.90. The molecule has 2 aromatic carbocycles. The fraction of sp³-hybridized carbons (Fsp3) is 0.286. The van der Waals surface area contributed by atoms with Gasteiger partial charge in [0.05, 0.1) is 30.0 Å². The minimum absolute atomic E-state index is 0.0156. The number of morpholine rings is 1. The Morgan fingerprint density at radius 2 is 1.80 bits per heavy atom. The first-order valence-electron chi connectivity index (χ1n) is 9.96. The van der Waals surface area contributed by atoms with Crippen LogP contribution < -0.4 is 10.6 Å². The molecule has 0 amide bonds. The van der Waals surface area contributed by atoms with Gasteiger partial charge in [-0.1, -0.05) is 6.92 Å². The van der Waals surface area contributed by atoms with Gasteiger partial charge in [0.15, 0.2) is 5.82 Å². The second kappa shape index (κ2) is 7.34. The zero-order chi connectivity index (χ0) is 20.7. The van der Waals surface area contributed by atoms with Gasteiger partial charge in [0.1, 0.15) is 5.75 Å². The number of hydrogen-bond donors (Lipinski definition) is 3. The predicted octanol–water partition coefficient (Wildman–Crippen LogP) is 2.21. The molecule has 0 atom stereocenters. The number of fused-ring (bicyclic) bond motifs is 1. The molecule has 4 aromatic rings. The SMILES string of the molecule is CCc1[nH]nc2cc(O)c(-c3n[nH]c(=O)n3-c3ccc(N4CCOCC4)cc3)cc12. The first-order valence-corrected chi connectivity index (χ1v) is 9.96. The number of nitrogens with zero attached hydrogens (tertiary/aromatic N) is 4. The lowest BCUT2D eigenvalue weighted by atomic mass is 10.1. The number of aryl methyl sites for hydroxylation is 1. The summed E-state index contributed by atoms with van der Waals surface area (Å²) >= 11 is 0. The van der Waals surface area contributed by atoms with Gasteiger partial charge in [0.25, 0.3) is 0 Å². The molecule has 1 fully saturated rings. The van der Waals surface area contributed by atoms with E-state index >= 15 is 0 Å². The van der Waals surface area contributed by atoms with Gasteiger partial charge in [0, 0.05) is 35.9 Å². The number of aromatic nitrogens is 5. The third-order valence-corrected chi connectivity index (χ3v) is 5.50. The minimum atomic E-state index is -0.369. The summed E-state index contributed by atoms with van der Waals surface area (Å²) in [6.45, 7) is 5.13. The Hall–Kier alpha value is -3.59. The maximum absolute atomic E-state index is 12.6. The third-order valence-electron chi connectivity index (χ3n) is 5.50. The van der Waals surface area contributed by atoms with Gasteiger partial charge in [-0.15, -0.1) is 0 Å². The van der Waals surface area contributed by atoms with Gasteiger partial charge >= 0.3 is 5.69 Å². The highest BCUT2D eigenvalue weighted by Gasteiger charge is 2.19. The van der Waals surface area contributed by atoms with Gasteiger partial charge in [-0.2, -0.15) is 10.2 Å². The van der Waals surface area contributed by atoms with Crippen molar-refractivity contribution in [2.75, 3.05) is 31.2 Å². The smallest absolute Gasteiger partial charge is 0.348 e. The zero-order valence-corrected chi connectivity index (χ0v) is 16.6. The normalized spacial score (nSPS) is 14.5. The molecule has 0 aliphatic carbocycles. The van der Waals surface area contributed by atoms with Crippen molar-refractivity contribution in [2.45, 2.75) is 13.3 Å². The molecule has 9 nitrogen and oxygen atoms in total. The van der Waals surface area contributed by atoms with Crippen molar-refractivity contribution in [1.29, 1.82) is 0 Å². The summed E-state index contributed by atoms with van der Waals surface area (Å²) in [7, 11) is 0. The van der Waals surface area contributed by atoms with Crippen LogP contribution in [0.2, 0.25) is 0 Å². The maximum atomic E-state index is 12.6. The molecule has 1 aliphatic rings. The number of phenolic OH excluding ortho intramolecular Hbond substituents is 1. The van der Waals surface area contributed by atoms with E-state index in [2.05, 4.69) is 25.3 Å². The molecule has 1 saturated heterocycles. The highest BCUT2D eigenvalue weighted by Crippen LogP contribution is 2.33. The number of nitrogens with one attached hydrogen (secondary N) is 2. The van der Waals surface area contributed by atoms with E-state index in [0.717, 1.165) is 36.3 Å². The van der Waals surface area contributed by atoms with Crippen LogP contribution in [0.15, 0.2) is 41.2 Å². The molecule has 0 radical (unpaired) electrons. The van der Waals surface area contributed by atoms with Crippen molar-refractivity contribution in [2.24, 2.45) is 0 Å². The summed E-state index contributed by atoms with van der Waals surface area (Å²) < 4.78 is 6.87. The molecule has 0 saturated carbocycles. The number of rotatable bonds is 4. The van der Waals surface area contributed by atoms with Gasteiger partial charge in [-0.3, -0.25) is 5.10 Å². The number of ether oxygens (including phenoxy) is 1. The molecule has 0 spiro atoms. The fourth-order valence-electron chi connectivity index (χ4n) is 3.90. The van der Waals surface area contributed by atoms with Gasteiger partial charge in [-0.25, -0.2) is 14.5 Å². The summed E-state index contributed by atoms with van der Waals surface area (Å²) in [5.74, 6) is 0.364. The highest BCUT2D eigenvalue weighted by atomic mass is 16.5. The van der Waals surface area contributed by atoms with Crippen LogP contribution in [0.3, 0.4) is 0 Å². The lowest BCUT2D eigenvalue weighted by Crippen LogP contribution is -2.36. The van der Waals surface area contributed by atoms with E-state index in [4.69, 9.17) is 4.74 Å². The Labute approximate surface area is 171 Å². The van der Waals surface area contributed by atoms with Crippen LogP contribution in [-0.4, -0.2) is 56.4 Å². The van der Waals surface area contributed by atoms with Crippen LogP contribution in [0.5, 0.6) is 5.75 Å². The van der Waals surface area contributed by atoms with Crippen molar-refractivity contribution in [3.63, 3.8) is 0 Å². The van der Waals surface area contributed by atoms with Crippen molar-refractivity contribution < 1.29 is 9.84 Å². The van der Waals surface area contributed by atoms with Gasteiger partial charge in [-0.05, 0) is 36.8 Å². The Morgan fingerprint density at radius 1 is 1.07 bits per heavy atom. The Morgan fingerprint density at radius 3 is 2.53 bits per heavy atom. The van der Waals surface area contributed by atoms with Crippen LogP contribution in [-0.2, 0) is 11.2 Å². The molecule has 0 unspecified atom stereocenters. The molecule has 2 aromatic heterocycles. The Kier molecular flexibility index (Phi) is 4.51. The van der Waals surface area contributed by atoms with Crippen LogP contribution in [0.1, 0.15) is 12.6 Å². The van der Waals surface area contributed by atoms with E-state index in [9.17, 15) is 9.90 Å². The molecular formula is C21H22N6O3. The minimum Gasteiger partial charge on any atom is -0.507 e. The quantitative estimate of drug-likeness (QED) is 0.479. The summed E-state index contributed by atoms with van der Waals surface area (Å²) in [5.41, 5.74) is 3.48. The summed E-state index contributed by atoms with van der Waals surface area (Å²) in [5, 5.41) is 25.4. The number of H-pyrrole nitrogens is 2. The molecule has 5 rings (SSSR count). The first kappa shape index (κ1) is 18.4. The number of benzene rings is 2. The van der Waals surface area contributed by atoms with Crippen LogP contribution in [0.25, 0.3) is 28.0 Å². The topological polar surface area (TPSA) is 112 Å². The van der Waals surface area contributed by atoms with E-state index in [1.807, 2.05) is 37.3 Å². The van der Waals surface area contributed by atoms with Crippen molar-refractivity contribution in [1.82, 2.24) is 25.0 Å². The molecule has 3 N–H and O–H groups in total. The van der Waals surface area contributed by atoms with E-state index in [1.165, 1.54) is 4.57 Å². The monoisotopic (exact) mass is 406 g/mol. The molecule has 3 heterocycles. The number of aromatic amines is 2. The largest absolute Gasteiger partial charge is 0.507 e. The van der Waals surface area contributed by atoms with Crippen molar-refractivity contribution in [3.05, 3.63) is 52.6 Å². The molecular weight excluding hydrogens is 384 g/mol. The van der Waals surface area contributed by atoms with E-state index in [0.29, 0.717) is 35.8 Å². The maximum Gasteiger partial charge on any atom is 0.348 e. The highest BCUT2D eigenvalue weighted by molar-refractivity contribution is 5.89. The molecule has 1 aliphatic heterocycles. The lowest BCUT2D eigenvalue weighted by Gasteiger charge is -2.28. The second-order valence-electron chi connectivity index (χ2n) is 7.25. The molecule has 0 bridgehead atoms. The number of phenols is 1. The Balaban J connectivity index is 1.58. The molecule has 9 heteroatoms. The standard InChI is InChI=1S/C21H22N6O3/c1-2-17-15-11-16(19(28)12-18(15)23-22-17)20-24-25-21(29)27(20)14-5-3-13(4-6-14)26-7-9-30-10-8-26/h3-6,11-12,28H,2,7-10H2,1H3,(H,22,23)(H,25,29). The van der Waals surface area contributed by atoms with Crippen LogP contribution in [0.4, 0.5) is 5.69 Å². The summed E-state index contributed by atoms with van der Waals surface area (Å²) in [6.07, 6.45) is 0.775. The number of anilines is 1. The third kappa shape index (κ3) is 3.03. The van der Waals surface area contributed by atoms with Gasteiger partial charge in [0.2, 0.25) is 0 Å². The van der Waals surface area contributed by atoms with Crippen LogP contribution in [0, 0.1) is 0 Å². The van der Waals surface area contributed by atoms with E-state index in [-0.39, 0.29) is 11.4 Å². The number of hydrogen-bond acceptors (Lipinski definition) is 6. The average Bonchev–Trinajstić information content (AvgIpc) is 3.36. The second-order valence-corrected chi connectivity index (χ2v) is 7.25. The molecule has 30 heavy (non-hydrogen) atoms. The van der Waals surface area contributed by atoms with Crippen LogP contribution >= 0.6 is 0 Å². The summed E-state index contributed by atoms with van der Waals surface area (Å²) in [6, 6.07) is 11.1. The van der Waals surface area contributed by atoms with E-state index < -0.39 is 0 Å². The van der Waals surface area contributed by atoms with Crippen molar-refractivity contribution >= 4 is 16.6 Å². The van der Waals surface area contributed by atoms with Gasteiger partial charge < -0.3 is 14.7 Å².